The highest BCUT2D eigenvalue weighted by molar-refractivity contribution is 6.04. The van der Waals surface area contributed by atoms with Crippen LogP contribution in [0.15, 0.2) is 30.5 Å². The first-order valence-corrected chi connectivity index (χ1v) is 13.5. The molecule has 2 fully saturated rings. The lowest BCUT2D eigenvalue weighted by Crippen LogP contribution is -2.46. The van der Waals surface area contributed by atoms with Crippen LogP contribution in [0.1, 0.15) is 86.2 Å². The van der Waals surface area contributed by atoms with Gasteiger partial charge in [0.1, 0.15) is 11.3 Å². The number of carbonyl (C=O) groups excluding carboxylic acids is 2. The summed E-state index contributed by atoms with van der Waals surface area (Å²) in [5, 5.41) is 9.24. The van der Waals surface area contributed by atoms with Crippen LogP contribution in [0.2, 0.25) is 0 Å². The molecule has 2 aliphatic carbocycles. The van der Waals surface area contributed by atoms with Crippen molar-refractivity contribution in [1.29, 1.82) is 0 Å². The van der Waals surface area contributed by atoms with Gasteiger partial charge in [-0.15, -0.1) is 0 Å². The Kier molecular flexibility index (Phi) is 9.15. The normalized spacial score (nSPS) is 20.4. The van der Waals surface area contributed by atoms with E-state index in [1.54, 1.807) is 11.0 Å². The highest BCUT2D eigenvalue weighted by Crippen LogP contribution is 2.40. The number of amides is 1. The summed E-state index contributed by atoms with van der Waals surface area (Å²) >= 11 is 0. The van der Waals surface area contributed by atoms with Crippen molar-refractivity contribution in [2.75, 3.05) is 12.0 Å². The fourth-order valence-electron chi connectivity index (χ4n) is 5.58. The number of aliphatic hydroxyl groups excluding tert-OH is 1. The van der Waals surface area contributed by atoms with Crippen LogP contribution in [0.3, 0.4) is 0 Å². The zero-order valence-corrected chi connectivity index (χ0v) is 22.3. The predicted molar refractivity (Wildman–Crippen MR) is 138 cm³/mol. The molecule has 0 atom stereocenters. The van der Waals surface area contributed by atoms with Crippen molar-refractivity contribution in [1.82, 2.24) is 4.98 Å². The molecule has 2 aliphatic rings. The molecule has 7 nitrogen and oxygen atoms in total. The zero-order valence-electron chi connectivity index (χ0n) is 22.3. The molecular weight excluding hydrogens is 513 g/mol. The van der Waals surface area contributed by atoms with E-state index in [4.69, 9.17) is 9.47 Å². The predicted octanol–water partition coefficient (Wildman–Crippen LogP) is 6.66. The standard InChI is InChI=1S/C29H35F3N2O5/c1-18-8-10-20(11-9-18)27(36)34(21-6-4-3-5-7-21)25-13-12-22(15-23(25)28(37)38-2)39-26-24(29(30,31)32)14-19(17-35)16-33-26/h12-16,18,20-21,35H,3-11,17H2,1-2H3/t18-,20-. The molecule has 2 saturated carbocycles. The molecule has 0 saturated heterocycles. The van der Waals surface area contributed by atoms with E-state index in [-0.39, 0.29) is 34.7 Å². The third-order valence-electron chi connectivity index (χ3n) is 7.79. The number of methoxy groups -OCH3 is 1. The molecule has 0 spiro atoms. The summed E-state index contributed by atoms with van der Waals surface area (Å²) < 4.78 is 51.6. The van der Waals surface area contributed by atoms with E-state index in [1.165, 1.54) is 19.2 Å². The molecule has 1 aromatic carbocycles. The summed E-state index contributed by atoms with van der Waals surface area (Å²) in [6.45, 7) is 1.58. The van der Waals surface area contributed by atoms with E-state index in [0.29, 0.717) is 11.6 Å². The van der Waals surface area contributed by atoms with E-state index >= 15 is 0 Å². The van der Waals surface area contributed by atoms with Gasteiger partial charge in [0, 0.05) is 18.2 Å². The van der Waals surface area contributed by atoms with Crippen LogP contribution in [0, 0.1) is 11.8 Å². The van der Waals surface area contributed by atoms with Gasteiger partial charge in [0.15, 0.2) is 0 Å². The van der Waals surface area contributed by atoms with Crippen LogP contribution in [0.25, 0.3) is 0 Å². The number of aliphatic hydroxyl groups is 1. The summed E-state index contributed by atoms with van der Waals surface area (Å²) in [5.74, 6) is -1.08. The largest absolute Gasteiger partial charge is 0.465 e. The SMILES string of the molecule is COC(=O)c1cc(Oc2ncc(CO)cc2C(F)(F)F)ccc1N(C(=O)[C@H]1CC[C@H](C)CC1)C1CCCCC1. The van der Waals surface area contributed by atoms with Crippen molar-refractivity contribution < 1.29 is 37.3 Å². The summed E-state index contributed by atoms with van der Waals surface area (Å²) in [6.07, 6.45) is 4.47. The van der Waals surface area contributed by atoms with Gasteiger partial charge in [0.05, 0.1) is 25.0 Å². The first-order valence-electron chi connectivity index (χ1n) is 13.5. The smallest absolute Gasteiger partial charge is 0.421 e. The summed E-state index contributed by atoms with van der Waals surface area (Å²) in [7, 11) is 1.21. The highest BCUT2D eigenvalue weighted by atomic mass is 19.4. The molecular formula is C29H35F3N2O5. The second-order valence-electron chi connectivity index (χ2n) is 10.6. The van der Waals surface area contributed by atoms with Crippen molar-refractivity contribution >= 4 is 17.6 Å². The number of carbonyl (C=O) groups is 2. The lowest BCUT2D eigenvalue weighted by molar-refractivity contribution is -0.139. The van der Waals surface area contributed by atoms with Crippen LogP contribution in [-0.4, -0.2) is 35.1 Å². The number of aromatic nitrogens is 1. The van der Waals surface area contributed by atoms with E-state index in [9.17, 15) is 27.9 Å². The van der Waals surface area contributed by atoms with Gasteiger partial charge in [-0.2, -0.15) is 13.2 Å². The average molecular weight is 549 g/mol. The molecule has 0 radical (unpaired) electrons. The number of anilines is 1. The molecule has 39 heavy (non-hydrogen) atoms. The third kappa shape index (κ3) is 6.72. The molecule has 10 heteroatoms. The van der Waals surface area contributed by atoms with Crippen molar-refractivity contribution in [2.24, 2.45) is 11.8 Å². The Morgan fingerprint density at radius 2 is 1.74 bits per heavy atom. The van der Waals surface area contributed by atoms with E-state index in [2.05, 4.69) is 11.9 Å². The molecule has 2 aromatic rings. The molecule has 0 unspecified atom stereocenters. The molecule has 1 aromatic heterocycles. The Bertz CT molecular complexity index is 1170. The summed E-state index contributed by atoms with van der Waals surface area (Å²) in [6, 6.07) is 4.98. The van der Waals surface area contributed by atoms with Crippen LogP contribution >= 0.6 is 0 Å². The average Bonchev–Trinajstić information content (AvgIpc) is 2.94. The number of rotatable bonds is 7. The number of esters is 1. The number of ether oxygens (including phenoxy) is 2. The second kappa shape index (κ2) is 12.4. The van der Waals surface area contributed by atoms with Crippen molar-refractivity contribution in [3.05, 3.63) is 47.2 Å². The number of pyridine rings is 1. The van der Waals surface area contributed by atoms with E-state index in [0.717, 1.165) is 70.1 Å². The number of hydrogen-bond acceptors (Lipinski definition) is 6. The minimum atomic E-state index is -4.78. The Balaban J connectivity index is 1.73. The maximum absolute atomic E-state index is 13.9. The van der Waals surface area contributed by atoms with Crippen molar-refractivity contribution in [3.63, 3.8) is 0 Å². The Morgan fingerprint density at radius 1 is 1.05 bits per heavy atom. The lowest BCUT2D eigenvalue weighted by atomic mass is 9.81. The third-order valence-corrected chi connectivity index (χ3v) is 7.79. The minimum absolute atomic E-state index is 0.0148. The molecule has 1 N–H and O–H groups in total. The van der Waals surface area contributed by atoms with Crippen molar-refractivity contribution in [2.45, 2.75) is 83.5 Å². The number of benzene rings is 1. The first kappa shape index (κ1) is 28.9. The van der Waals surface area contributed by atoms with Crippen LogP contribution in [0.5, 0.6) is 11.6 Å². The molecule has 1 heterocycles. The zero-order chi connectivity index (χ0) is 28.2. The Labute approximate surface area is 226 Å². The molecule has 0 aliphatic heterocycles. The first-order chi connectivity index (χ1) is 18.6. The van der Waals surface area contributed by atoms with Gasteiger partial charge >= 0.3 is 12.1 Å². The van der Waals surface area contributed by atoms with Crippen LogP contribution < -0.4 is 9.64 Å². The maximum Gasteiger partial charge on any atom is 0.421 e. The maximum atomic E-state index is 13.9. The summed E-state index contributed by atoms with van der Waals surface area (Å²) in [5.41, 5.74) is -0.745. The van der Waals surface area contributed by atoms with Gasteiger partial charge in [-0.25, -0.2) is 9.78 Å². The highest BCUT2D eigenvalue weighted by Gasteiger charge is 2.37. The van der Waals surface area contributed by atoms with Gasteiger partial charge in [0.25, 0.3) is 0 Å². The summed E-state index contributed by atoms with van der Waals surface area (Å²) in [4.78, 5) is 32.4. The van der Waals surface area contributed by atoms with Crippen LogP contribution in [0.4, 0.5) is 18.9 Å². The van der Waals surface area contributed by atoms with Crippen LogP contribution in [-0.2, 0) is 22.3 Å². The second-order valence-corrected chi connectivity index (χ2v) is 10.6. The topological polar surface area (TPSA) is 89.0 Å². The minimum Gasteiger partial charge on any atom is -0.465 e. The molecule has 0 bridgehead atoms. The van der Waals surface area contributed by atoms with E-state index < -0.39 is 30.2 Å². The molecule has 1 amide bonds. The van der Waals surface area contributed by atoms with E-state index in [1.807, 2.05) is 0 Å². The fourth-order valence-corrected chi connectivity index (χ4v) is 5.58. The van der Waals surface area contributed by atoms with Gasteiger partial charge in [-0.3, -0.25) is 4.79 Å². The van der Waals surface area contributed by atoms with Gasteiger partial charge < -0.3 is 19.5 Å². The number of alkyl halides is 3. The van der Waals surface area contributed by atoms with Gasteiger partial charge in [0.2, 0.25) is 11.8 Å². The Morgan fingerprint density at radius 3 is 2.36 bits per heavy atom. The number of halogens is 3. The quantitative estimate of drug-likeness (QED) is 0.389. The monoisotopic (exact) mass is 548 g/mol. The lowest BCUT2D eigenvalue weighted by Gasteiger charge is -2.38. The van der Waals surface area contributed by atoms with Gasteiger partial charge in [-0.1, -0.05) is 26.2 Å². The number of nitrogens with zero attached hydrogens (tertiary/aromatic N) is 2. The fraction of sp³-hybridized carbons (Fsp3) is 0.552. The molecule has 212 valence electrons. The number of hydrogen-bond donors (Lipinski definition) is 1. The molecule has 4 rings (SSSR count). The van der Waals surface area contributed by atoms with Crippen molar-refractivity contribution in [3.8, 4) is 11.6 Å². The van der Waals surface area contributed by atoms with Gasteiger partial charge in [-0.05, 0) is 74.3 Å². The Hall–Kier alpha value is -3.14.